The van der Waals surface area contributed by atoms with E-state index in [2.05, 4.69) is 14.5 Å². The first-order chi connectivity index (χ1) is 12.3. The minimum Gasteiger partial charge on any atom is -0.369 e. The summed E-state index contributed by atoms with van der Waals surface area (Å²) in [7, 11) is -2.33. The summed E-state index contributed by atoms with van der Waals surface area (Å²) in [6.07, 6.45) is 0. The Bertz CT molecular complexity index is 896. The van der Waals surface area contributed by atoms with Crippen molar-refractivity contribution in [1.29, 1.82) is 0 Å². The van der Waals surface area contributed by atoms with Crippen LogP contribution in [0, 0.1) is 17.5 Å². The molecule has 1 heterocycles. The lowest BCUT2D eigenvalue weighted by Gasteiger charge is -2.34. The van der Waals surface area contributed by atoms with E-state index < -0.39 is 32.4 Å². The summed E-state index contributed by atoms with van der Waals surface area (Å²) in [5, 5.41) is 0. The lowest BCUT2D eigenvalue weighted by atomic mass is 10.2. The van der Waals surface area contributed by atoms with Crippen LogP contribution in [0.1, 0.15) is 0 Å². The zero-order valence-electron chi connectivity index (χ0n) is 14.0. The van der Waals surface area contributed by atoms with Crippen molar-refractivity contribution >= 4 is 21.4 Å². The Hall–Kier alpha value is -2.26. The molecule has 1 aliphatic rings. The molecule has 0 radical (unpaired) electrons. The number of sulfonamides is 1. The van der Waals surface area contributed by atoms with Crippen molar-refractivity contribution in [1.82, 2.24) is 4.90 Å². The molecule has 2 aromatic carbocycles. The zero-order chi connectivity index (χ0) is 18.9. The molecular weight excluding hydrogens is 367 g/mol. The molecule has 1 N–H and O–H groups in total. The van der Waals surface area contributed by atoms with E-state index in [0.717, 1.165) is 31.9 Å². The van der Waals surface area contributed by atoms with Crippen LogP contribution in [0.4, 0.5) is 24.5 Å². The molecule has 26 heavy (non-hydrogen) atoms. The number of anilines is 2. The lowest BCUT2D eigenvalue weighted by Crippen LogP contribution is -2.44. The van der Waals surface area contributed by atoms with Crippen LogP contribution in [0.15, 0.2) is 41.3 Å². The van der Waals surface area contributed by atoms with E-state index in [1.54, 1.807) is 24.3 Å². The third-order valence-electron chi connectivity index (χ3n) is 4.28. The van der Waals surface area contributed by atoms with Gasteiger partial charge in [-0.25, -0.2) is 21.6 Å². The first kappa shape index (κ1) is 18.5. The van der Waals surface area contributed by atoms with Gasteiger partial charge in [-0.05, 0) is 43.4 Å². The van der Waals surface area contributed by atoms with Crippen molar-refractivity contribution in [2.45, 2.75) is 4.90 Å². The Morgan fingerprint density at radius 1 is 0.885 bits per heavy atom. The molecule has 3 rings (SSSR count). The molecule has 0 saturated carbocycles. The molecule has 0 unspecified atom stereocenters. The molecule has 2 aromatic rings. The van der Waals surface area contributed by atoms with Crippen molar-refractivity contribution < 1.29 is 21.6 Å². The van der Waals surface area contributed by atoms with Crippen LogP contribution in [0.5, 0.6) is 0 Å². The number of rotatable bonds is 4. The van der Waals surface area contributed by atoms with Gasteiger partial charge in [0, 0.05) is 37.6 Å². The molecular formula is C17H18F3N3O2S. The summed E-state index contributed by atoms with van der Waals surface area (Å²) in [5.74, 6) is -5.01. The van der Waals surface area contributed by atoms with Crippen LogP contribution in [-0.4, -0.2) is 46.5 Å². The molecule has 0 amide bonds. The Morgan fingerprint density at radius 2 is 1.50 bits per heavy atom. The highest BCUT2D eigenvalue weighted by atomic mass is 32.2. The summed E-state index contributed by atoms with van der Waals surface area (Å²) >= 11 is 0. The second kappa shape index (κ2) is 7.16. The summed E-state index contributed by atoms with van der Waals surface area (Å²) in [6.45, 7) is 3.59. The monoisotopic (exact) mass is 385 g/mol. The van der Waals surface area contributed by atoms with E-state index in [1.165, 1.54) is 0 Å². The number of hydrogen-bond donors (Lipinski definition) is 1. The topological polar surface area (TPSA) is 52.6 Å². The summed E-state index contributed by atoms with van der Waals surface area (Å²) in [5.41, 5.74) is 1.15. The summed E-state index contributed by atoms with van der Waals surface area (Å²) in [4.78, 5) is 3.45. The molecule has 5 nitrogen and oxygen atoms in total. The third kappa shape index (κ3) is 3.78. The fourth-order valence-corrected chi connectivity index (χ4v) is 3.86. The van der Waals surface area contributed by atoms with Gasteiger partial charge in [0.05, 0.1) is 0 Å². The highest BCUT2D eigenvalue weighted by Crippen LogP contribution is 2.24. The molecule has 0 spiro atoms. The maximum Gasteiger partial charge on any atom is 0.264 e. The van der Waals surface area contributed by atoms with Crippen LogP contribution in [-0.2, 0) is 10.0 Å². The van der Waals surface area contributed by atoms with Gasteiger partial charge in [-0.15, -0.1) is 0 Å². The quantitative estimate of drug-likeness (QED) is 0.823. The van der Waals surface area contributed by atoms with Gasteiger partial charge in [0.25, 0.3) is 10.0 Å². The van der Waals surface area contributed by atoms with E-state index in [9.17, 15) is 21.6 Å². The lowest BCUT2D eigenvalue weighted by molar-refractivity contribution is 0.313. The van der Waals surface area contributed by atoms with Gasteiger partial charge in [0.1, 0.15) is 4.90 Å². The van der Waals surface area contributed by atoms with E-state index in [1.807, 2.05) is 7.05 Å². The predicted octanol–water partition coefficient (Wildman–Crippen LogP) is 2.66. The minimum atomic E-state index is -4.38. The molecule has 0 aliphatic carbocycles. The van der Waals surface area contributed by atoms with Crippen molar-refractivity contribution in [3.8, 4) is 0 Å². The van der Waals surface area contributed by atoms with Crippen LogP contribution < -0.4 is 9.62 Å². The van der Waals surface area contributed by atoms with Crippen LogP contribution >= 0.6 is 0 Å². The fourth-order valence-electron chi connectivity index (χ4n) is 2.73. The highest BCUT2D eigenvalue weighted by molar-refractivity contribution is 7.92. The molecule has 1 fully saturated rings. The molecule has 0 atom stereocenters. The maximum absolute atomic E-state index is 13.8. The van der Waals surface area contributed by atoms with Gasteiger partial charge in [-0.2, -0.15) is 0 Å². The van der Waals surface area contributed by atoms with Gasteiger partial charge < -0.3 is 9.80 Å². The maximum atomic E-state index is 13.8. The smallest absolute Gasteiger partial charge is 0.264 e. The van der Waals surface area contributed by atoms with Gasteiger partial charge >= 0.3 is 0 Å². The number of hydrogen-bond acceptors (Lipinski definition) is 4. The van der Waals surface area contributed by atoms with Gasteiger partial charge in [0.2, 0.25) is 0 Å². The number of benzene rings is 2. The van der Waals surface area contributed by atoms with Gasteiger partial charge in [0.15, 0.2) is 17.5 Å². The Morgan fingerprint density at radius 3 is 2.12 bits per heavy atom. The van der Waals surface area contributed by atoms with Crippen LogP contribution in [0.3, 0.4) is 0 Å². The normalized spacial score (nSPS) is 15.9. The van der Waals surface area contributed by atoms with Crippen molar-refractivity contribution in [2.75, 3.05) is 42.8 Å². The highest BCUT2D eigenvalue weighted by Gasteiger charge is 2.24. The van der Waals surface area contributed by atoms with Crippen molar-refractivity contribution in [3.63, 3.8) is 0 Å². The van der Waals surface area contributed by atoms with Crippen molar-refractivity contribution in [2.24, 2.45) is 0 Å². The van der Waals surface area contributed by atoms with E-state index >= 15 is 0 Å². The summed E-state index contributed by atoms with van der Waals surface area (Å²) < 4.78 is 66.7. The van der Waals surface area contributed by atoms with Crippen molar-refractivity contribution in [3.05, 3.63) is 53.8 Å². The van der Waals surface area contributed by atoms with Crippen LogP contribution in [0.25, 0.3) is 0 Å². The molecule has 1 aliphatic heterocycles. The number of likely N-dealkylation sites (N-methyl/N-ethyl adjacent to an activating group) is 1. The largest absolute Gasteiger partial charge is 0.369 e. The van der Waals surface area contributed by atoms with E-state index in [0.29, 0.717) is 12.1 Å². The first-order valence-corrected chi connectivity index (χ1v) is 9.46. The fraction of sp³-hybridized carbons (Fsp3) is 0.294. The molecule has 9 heteroatoms. The predicted molar refractivity (Wildman–Crippen MR) is 93.3 cm³/mol. The number of piperazine rings is 1. The number of halogens is 3. The Balaban J connectivity index is 1.77. The number of nitrogens with one attached hydrogen (secondary N) is 1. The average molecular weight is 385 g/mol. The van der Waals surface area contributed by atoms with Crippen LogP contribution in [0.2, 0.25) is 0 Å². The Kier molecular flexibility index (Phi) is 5.10. The second-order valence-corrected chi connectivity index (χ2v) is 7.77. The average Bonchev–Trinajstić information content (AvgIpc) is 2.60. The zero-order valence-corrected chi connectivity index (χ0v) is 14.9. The molecule has 140 valence electrons. The molecule has 0 bridgehead atoms. The first-order valence-electron chi connectivity index (χ1n) is 7.98. The number of nitrogens with zero attached hydrogens (tertiary/aromatic N) is 2. The third-order valence-corrected chi connectivity index (χ3v) is 5.68. The minimum absolute atomic E-state index is 0.201. The van der Waals surface area contributed by atoms with E-state index in [-0.39, 0.29) is 5.69 Å². The SMILES string of the molecule is CN1CCN(c2ccc(NS(=O)(=O)c3ccc(F)c(F)c3F)cc2)CC1. The molecule has 0 aromatic heterocycles. The van der Waals surface area contributed by atoms with E-state index in [4.69, 9.17) is 0 Å². The molecule has 1 saturated heterocycles. The second-order valence-electron chi connectivity index (χ2n) is 6.12. The van der Waals surface area contributed by atoms with Gasteiger partial charge in [-0.3, -0.25) is 4.72 Å². The summed E-state index contributed by atoms with van der Waals surface area (Å²) in [6, 6.07) is 7.86. The van der Waals surface area contributed by atoms with Gasteiger partial charge in [-0.1, -0.05) is 0 Å². The standard InChI is InChI=1S/C17H18F3N3O2S/c1-22-8-10-23(11-9-22)13-4-2-12(3-5-13)21-26(24,25)15-7-6-14(18)16(19)17(15)20/h2-7,21H,8-11H2,1H3. The Labute approximate surface area is 150 Å².